The fraction of sp³-hybridized carbons (Fsp3) is 0.565. The van der Waals surface area contributed by atoms with Crippen molar-refractivity contribution in [2.24, 2.45) is 11.8 Å². The highest BCUT2D eigenvalue weighted by molar-refractivity contribution is 6.33. The van der Waals surface area contributed by atoms with Crippen molar-refractivity contribution in [2.45, 2.75) is 39.5 Å². The molecule has 2 aliphatic heterocycles. The first-order valence-electron chi connectivity index (χ1n) is 10.8. The first kappa shape index (κ1) is 20.4. The highest BCUT2D eigenvalue weighted by Crippen LogP contribution is 2.28. The van der Waals surface area contributed by atoms with Gasteiger partial charge in [-0.25, -0.2) is 4.68 Å². The first-order chi connectivity index (χ1) is 14.0. The standard InChI is InChI=1S/C23H31ClN4O/c1-17-10-13-26(14-11-17)15-19-7-6-12-27(16-19)23(29)21-18(2)25-28(22(21)24)20-8-4-3-5-9-20/h3-5,8-9,17,19H,6-7,10-16H2,1-2H3. The highest BCUT2D eigenvalue weighted by atomic mass is 35.5. The Morgan fingerprint density at radius 1 is 1.14 bits per heavy atom. The monoisotopic (exact) mass is 414 g/mol. The van der Waals surface area contributed by atoms with E-state index < -0.39 is 0 Å². The Kier molecular flexibility index (Phi) is 6.26. The first-order valence-corrected chi connectivity index (χ1v) is 11.2. The molecule has 0 radical (unpaired) electrons. The van der Waals surface area contributed by atoms with Crippen molar-refractivity contribution in [3.8, 4) is 5.69 Å². The van der Waals surface area contributed by atoms with E-state index in [1.165, 1.54) is 32.4 Å². The Labute approximate surface area is 178 Å². The Balaban J connectivity index is 1.46. The van der Waals surface area contributed by atoms with Gasteiger partial charge in [-0.05, 0) is 69.7 Å². The van der Waals surface area contributed by atoms with E-state index in [1.807, 2.05) is 42.2 Å². The van der Waals surface area contributed by atoms with Crippen LogP contribution in [0.1, 0.15) is 48.7 Å². The quantitative estimate of drug-likeness (QED) is 0.743. The molecule has 1 unspecified atom stereocenters. The summed E-state index contributed by atoms with van der Waals surface area (Å²) in [6.07, 6.45) is 4.85. The summed E-state index contributed by atoms with van der Waals surface area (Å²) in [6, 6.07) is 9.74. The van der Waals surface area contributed by atoms with E-state index in [2.05, 4.69) is 16.9 Å². The van der Waals surface area contributed by atoms with Gasteiger partial charge in [0.05, 0.1) is 16.9 Å². The van der Waals surface area contributed by atoms with Crippen LogP contribution in [0, 0.1) is 18.8 Å². The number of aryl methyl sites for hydroxylation is 1. The second kappa shape index (κ2) is 8.88. The van der Waals surface area contributed by atoms with Gasteiger partial charge in [-0.2, -0.15) is 5.10 Å². The van der Waals surface area contributed by atoms with Crippen LogP contribution < -0.4 is 0 Å². The van der Waals surface area contributed by atoms with E-state index >= 15 is 0 Å². The van der Waals surface area contributed by atoms with Crippen molar-refractivity contribution in [3.05, 3.63) is 46.7 Å². The van der Waals surface area contributed by atoms with Crippen LogP contribution >= 0.6 is 11.6 Å². The number of likely N-dealkylation sites (tertiary alicyclic amines) is 2. The fourth-order valence-electron chi connectivity index (χ4n) is 4.65. The molecule has 2 saturated heterocycles. The van der Waals surface area contributed by atoms with E-state index in [0.717, 1.165) is 37.7 Å². The second-order valence-electron chi connectivity index (χ2n) is 8.74. The summed E-state index contributed by atoms with van der Waals surface area (Å²) in [7, 11) is 0. The van der Waals surface area contributed by atoms with Gasteiger partial charge in [0, 0.05) is 19.6 Å². The molecule has 29 heavy (non-hydrogen) atoms. The van der Waals surface area contributed by atoms with Crippen LogP contribution in [-0.2, 0) is 0 Å². The van der Waals surface area contributed by atoms with Crippen molar-refractivity contribution >= 4 is 17.5 Å². The van der Waals surface area contributed by atoms with Gasteiger partial charge in [-0.3, -0.25) is 4.79 Å². The number of nitrogens with zero attached hydrogens (tertiary/aromatic N) is 4. The molecule has 2 fully saturated rings. The number of halogens is 1. The lowest BCUT2D eigenvalue weighted by atomic mass is 9.94. The molecule has 4 rings (SSSR count). The number of piperidine rings is 2. The molecule has 0 bridgehead atoms. The summed E-state index contributed by atoms with van der Waals surface area (Å²) in [5.74, 6) is 1.41. The van der Waals surface area contributed by atoms with Crippen LogP contribution in [0.2, 0.25) is 5.15 Å². The molecule has 156 valence electrons. The number of hydrogen-bond donors (Lipinski definition) is 0. The number of carbonyl (C=O) groups excluding carboxylic acids is 1. The van der Waals surface area contributed by atoms with Gasteiger partial charge in [-0.1, -0.05) is 36.7 Å². The van der Waals surface area contributed by atoms with Crippen molar-refractivity contribution in [1.82, 2.24) is 19.6 Å². The largest absolute Gasteiger partial charge is 0.338 e. The number of amides is 1. The molecule has 3 heterocycles. The molecule has 6 heteroatoms. The predicted molar refractivity (Wildman–Crippen MR) is 117 cm³/mol. The fourth-order valence-corrected chi connectivity index (χ4v) is 5.00. The van der Waals surface area contributed by atoms with E-state index in [-0.39, 0.29) is 5.91 Å². The van der Waals surface area contributed by atoms with Crippen LogP contribution in [0.25, 0.3) is 5.69 Å². The minimum absolute atomic E-state index is 0.0200. The maximum Gasteiger partial charge on any atom is 0.258 e. The second-order valence-corrected chi connectivity index (χ2v) is 9.10. The molecule has 0 aliphatic carbocycles. The number of carbonyl (C=O) groups is 1. The van der Waals surface area contributed by atoms with Crippen LogP contribution in [0.15, 0.2) is 30.3 Å². The summed E-state index contributed by atoms with van der Waals surface area (Å²) in [6.45, 7) is 9.33. The van der Waals surface area contributed by atoms with Crippen molar-refractivity contribution in [1.29, 1.82) is 0 Å². The molecule has 0 spiro atoms. The lowest BCUT2D eigenvalue weighted by Gasteiger charge is -2.37. The molecule has 2 aromatic rings. The SMILES string of the molecule is Cc1nn(-c2ccccc2)c(Cl)c1C(=O)N1CCCC(CN2CCC(C)CC2)C1. The molecule has 2 aliphatic rings. The van der Waals surface area contributed by atoms with Crippen LogP contribution in [-0.4, -0.2) is 58.2 Å². The van der Waals surface area contributed by atoms with Crippen LogP contribution in [0.3, 0.4) is 0 Å². The average molecular weight is 415 g/mol. The minimum atomic E-state index is 0.0200. The number of aromatic nitrogens is 2. The summed E-state index contributed by atoms with van der Waals surface area (Å²) >= 11 is 6.63. The third-order valence-corrected chi connectivity index (χ3v) is 6.77. The number of benzene rings is 1. The van der Waals surface area contributed by atoms with Gasteiger partial charge in [0.25, 0.3) is 5.91 Å². The molecule has 1 atom stereocenters. The number of rotatable bonds is 4. The Hall–Kier alpha value is -1.85. The maximum atomic E-state index is 13.3. The molecule has 1 aromatic heterocycles. The molecule has 5 nitrogen and oxygen atoms in total. The number of para-hydroxylation sites is 1. The van der Waals surface area contributed by atoms with Gasteiger partial charge >= 0.3 is 0 Å². The zero-order valence-corrected chi connectivity index (χ0v) is 18.2. The lowest BCUT2D eigenvalue weighted by molar-refractivity contribution is 0.0621. The van der Waals surface area contributed by atoms with E-state index in [0.29, 0.717) is 22.3 Å². The van der Waals surface area contributed by atoms with Gasteiger partial charge in [0.15, 0.2) is 0 Å². The van der Waals surface area contributed by atoms with Gasteiger partial charge in [0.2, 0.25) is 0 Å². The zero-order valence-electron chi connectivity index (χ0n) is 17.5. The lowest BCUT2D eigenvalue weighted by Crippen LogP contribution is -2.45. The molecule has 0 N–H and O–H groups in total. The Morgan fingerprint density at radius 2 is 1.86 bits per heavy atom. The average Bonchev–Trinajstić information content (AvgIpc) is 3.04. The Bertz CT molecular complexity index is 842. The van der Waals surface area contributed by atoms with Crippen molar-refractivity contribution < 1.29 is 4.79 Å². The van der Waals surface area contributed by atoms with Gasteiger partial charge in [-0.15, -0.1) is 0 Å². The highest BCUT2D eigenvalue weighted by Gasteiger charge is 2.30. The van der Waals surface area contributed by atoms with Gasteiger partial charge < -0.3 is 9.80 Å². The Morgan fingerprint density at radius 3 is 2.59 bits per heavy atom. The van der Waals surface area contributed by atoms with Crippen molar-refractivity contribution in [2.75, 3.05) is 32.7 Å². The molecule has 1 amide bonds. The predicted octanol–water partition coefficient (Wildman–Crippen LogP) is 4.42. The molecular formula is C23H31ClN4O. The smallest absolute Gasteiger partial charge is 0.258 e. The normalized spacial score (nSPS) is 21.5. The molecule has 1 aromatic carbocycles. The van der Waals surface area contributed by atoms with Crippen LogP contribution in [0.5, 0.6) is 0 Å². The third-order valence-electron chi connectivity index (χ3n) is 6.42. The third kappa shape index (κ3) is 4.51. The maximum absolute atomic E-state index is 13.3. The topological polar surface area (TPSA) is 41.4 Å². The van der Waals surface area contributed by atoms with E-state index in [4.69, 9.17) is 11.6 Å². The zero-order chi connectivity index (χ0) is 20.4. The van der Waals surface area contributed by atoms with Gasteiger partial charge in [0.1, 0.15) is 5.15 Å². The number of hydrogen-bond acceptors (Lipinski definition) is 3. The summed E-state index contributed by atoms with van der Waals surface area (Å²) in [5.41, 5.74) is 2.11. The summed E-state index contributed by atoms with van der Waals surface area (Å²) in [4.78, 5) is 17.9. The van der Waals surface area contributed by atoms with E-state index in [9.17, 15) is 4.79 Å². The summed E-state index contributed by atoms with van der Waals surface area (Å²) < 4.78 is 1.67. The van der Waals surface area contributed by atoms with Crippen molar-refractivity contribution in [3.63, 3.8) is 0 Å². The minimum Gasteiger partial charge on any atom is -0.338 e. The molecule has 0 saturated carbocycles. The summed E-state index contributed by atoms with van der Waals surface area (Å²) in [5, 5.41) is 4.95. The van der Waals surface area contributed by atoms with E-state index in [1.54, 1.807) is 4.68 Å². The van der Waals surface area contributed by atoms with Crippen LogP contribution in [0.4, 0.5) is 0 Å². The molecular weight excluding hydrogens is 384 g/mol.